The number of hydrogen-bond donors (Lipinski definition) is 1. The van der Waals surface area contributed by atoms with Crippen molar-refractivity contribution in [3.05, 3.63) is 35.4 Å². The summed E-state index contributed by atoms with van der Waals surface area (Å²) in [5, 5.41) is 2.38. The summed E-state index contributed by atoms with van der Waals surface area (Å²) in [6, 6.07) is 4.78. The van der Waals surface area contributed by atoms with E-state index >= 15 is 0 Å². The van der Waals surface area contributed by atoms with E-state index in [0.717, 1.165) is 12.1 Å². The average molecular weight is 261 g/mol. The molecule has 0 aromatic heterocycles. The molecule has 0 saturated heterocycles. The fourth-order valence-electron chi connectivity index (χ4n) is 1.29. The van der Waals surface area contributed by atoms with Crippen LogP contribution in [-0.2, 0) is 17.5 Å². The van der Waals surface area contributed by atoms with Crippen LogP contribution in [0.4, 0.5) is 18.0 Å². The second kappa shape index (κ2) is 5.75. The van der Waals surface area contributed by atoms with Crippen LogP contribution >= 0.6 is 0 Å². The molecule has 18 heavy (non-hydrogen) atoms. The molecule has 6 heteroatoms. The van der Waals surface area contributed by atoms with Crippen LogP contribution in [0.25, 0.3) is 0 Å². The highest BCUT2D eigenvalue weighted by molar-refractivity contribution is 5.67. The van der Waals surface area contributed by atoms with Crippen LogP contribution in [0.1, 0.15) is 25.0 Å². The highest BCUT2D eigenvalue weighted by Crippen LogP contribution is 2.29. The maximum atomic E-state index is 12.4. The predicted octanol–water partition coefficient (Wildman–Crippen LogP) is 3.34. The first-order chi connectivity index (χ1) is 8.29. The minimum absolute atomic E-state index is 0.00449. The molecular formula is C12H14F3NO2. The lowest BCUT2D eigenvalue weighted by molar-refractivity contribution is -0.137. The molecule has 0 fully saturated rings. The van der Waals surface area contributed by atoms with Crippen LogP contribution in [-0.4, -0.2) is 12.2 Å². The van der Waals surface area contributed by atoms with Gasteiger partial charge in [0.05, 0.1) is 11.7 Å². The van der Waals surface area contributed by atoms with E-state index in [-0.39, 0.29) is 12.6 Å². The standard InChI is InChI=1S/C12H14F3NO2/c1-8(2)18-11(17)16-7-9-4-3-5-10(6-9)12(13,14)15/h3-6,8H,7H2,1-2H3,(H,16,17). The number of amides is 1. The number of alkyl carbamates (subject to hydrolysis) is 1. The van der Waals surface area contributed by atoms with E-state index in [1.807, 2.05) is 0 Å². The molecule has 1 aromatic rings. The maximum Gasteiger partial charge on any atom is 0.416 e. The lowest BCUT2D eigenvalue weighted by Crippen LogP contribution is -2.26. The Morgan fingerprint density at radius 3 is 2.61 bits per heavy atom. The summed E-state index contributed by atoms with van der Waals surface area (Å²) < 4.78 is 42.1. The van der Waals surface area contributed by atoms with Gasteiger partial charge in [-0.25, -0.2) is 4.79 Å². The number of nitrogens with one attached hydrogen (secondary N) is 1. The van der Waals surface area contributed by atoms with Crippen molar-refractivity contribution >= 4 is 6.09 Å². The van der Waals surface area contributed by atoms with E-state index in [0.29, 0.717) is 5.56 Å². The van der Waals surface area contributed by atoms with Crippen molar-refractivity contribution in [2.45, 2.75) is 32.7 Å². The van der Waals surface area contributed by atoms with Crippen LogP contribution in [0.2, 0.25) is 0 Å². The van der Waals surface area contributed by atoms with Gasteiger partial charge in [-0.2, -0.15) is 13.2 Å². The molecule has 0 aliphatic rings. The van der Waals surface area contributed by atoms with E-state index in [9.17, 15) is 18.0 Å². The molecule has 0 unspecified atom stereocenters. The molecule has 0 aliphatic carbocycles. The van der Waals surface area contributed by atoms with Crippen LogP contribution in [0.5, 0.6) is 0 Å². The monoisotopic (exact) mass is 261 g/mol. The Balaban J connectivity index is 2.61. The van der Waals surface area contributed by atoms with Gasteiger partial charge in [0.2, 0.25) is 0 Å². The average Bonchev–Trinajstić information content (AvgIpc) is 2.25. The third-order valence-corrected chi connectivity index (χ3v) is 2.03. The molecular weight excluding hydrogens is 247 g/mol. The molecule has 0 atom stereocenters. The van der Waals surface area contributed by atoms with Gasteiger partial charge in [0.15, 0.2) is 0 Å². The van der Waals surface area contributed by atoms with Gasteiger partial charge < -0.3 is 10.1 Å². The number of benzene rings is 1. The summed E-state index contributed by atoms with van der Waals surface area (Å²) in [5.74, 6) is 0. The normalized spacial score (nSPS) is 11.4. The Morgan fingerprint density at radius 1 is 1.39 bits per heavy atom. The minimum atomic E-state index is -4.38. The Kier molecular flexibility index (Phi) is 4.58. The van der Waals surface area contributed by atoms with Crippen LogP contribution < -0.4 is 5.32 Å². The highest BCUT2D eigenvalue weighted by Gasteiger charge is 2.30. The van der Waals surface area contributed by atoms with Gasteiger partial charge in [-0.3, -0.25) is 0 Å². The topological polar surface area (TPSA) is 38.3 Å². The Bertz CT molecular complexity index is 416. The molecule has 0 saturated carbocycles. The molecule has 1 aromatic carbocycles. The van der Waals surface area contributed by atoms with Gasteiger partial charge in [-0.05, 0) is 31.5 Å². The number of rotatable bonds is 3. The third-order valence-electron chi connectivity index (χ3n) is 2.03. The van der Waals surface area contributed by atoms with E-state index < -0.39 is 17.8 Å². The lowest BCUT2D eigenvalue weighted by Gasteiger charge is -2.11. The van der Waals surface area contributed by atoms with Gasteiger partial charge in [-0.1, -0.05) is 12.1 Å². The van der Waals surface area contributed by atoms with Crippen LogP contribution in [0.15, 0.2) is 24.3 Å². The summed E-state index contributed by atoms with van der Waals surface area (Å²) in [6.07, 6.45) is -5.30. The van der Waals surface area contributed by atoms with E-state index in [4.69, 9.17) is 4.74 Å². The van der Waals surface area contributed by atoms with Crippen molar-refractivity contribution in [3.8, 4) is 0 Å². The predicted molar refractivity (Wildman–Crippen MR) is 59.9 cm³/mol. The van der Waals surface area contributed by atoms with Crippen molar-refractivity contribution in [1.82, 2.24) is 5.32 Å². The molecule has 1 N–H and O–H groups in total. The van der Waals surface area contributed by atoms with Crippen molar-refractivity contribution in [2.24, 2.45) is 0 Å². The Labute approximate surface area is 103 Å². The summed E-state index contributed by atoms with van der Waals surface area (Å²) in [4.78, 5) is 11.2. The van der Waals surface area contributed by atoms with E-state index in [2.05, 4.69) is 5.32 Å². The molecule has 0 radical (unpaired) electrons. The van der Waals surface area contributed by atoms with Crippen LogP contribution in [0.3, 0.4) is 0 Å². The summed E-state index contributed by atoms with van der Waals surface area (Å²) in [5.41, 5.74) is -0.371. The summed E-state index contributed by atoms with van der Waals surface area (Å²) >= 11 is 0. The zero-order chi connectivity index (χ0) is 13.8. The molecule has 0 spiro atoms. The smallest absolute Gasteiger partial charge is 0.416 e. The number of ether oxygens (including phenoxy) is 1. The second-order valence-electron chi connectivity index (χ2n) is 4.01. The third kappa shape index (κ3) is 4.65. The summed E-state index contributed by atoms with van der Waals surface area (Å²) in [6.45, 7) is 3.36. The maximum absolute atomic E-state index is 12.4. The SMILES string of the molecule is CC(C)OC(=O)NCc1cccc(C(F)(F)F)c1. The number of hydrogen-bond acceptors (Lipinski definition) is 2. The molecule has 100 valence electrons. The first-order valence-electron chi connectivity index (χ1n) is 5.39. The van der Waals surface area contributed by atoms with Gasteiger partial charge in [0, 0.05) is 6.54 Å². The summed E-state index contributed by atoms with van der Waals surface area (Å²) in [7, 11) is 0. The van der Waals surface area contributed by atoms with Gasteiger partial charge >= 0.3 is 12.3 Å². The van der Waals surface area contributed by atoms with Crippen molar-refractivity contribution in [3.63, 3.8) is 0 Å². The number of carbonyl (C=O) groups is 1. The van der Waals surface area contributed by atoms with Crippen molar-refractivity contribution < 1.29 is 22.7 Å². The molecule has 1 amide bonds. The molecule has 0 bridgehead atoms. The molecule has 3 nitrogen and oxygen atoms in total. The highest BCUT2D eigenvalue weighted by atomic mass is 19.4. The quantitative estimate of drug-likeness (QED) is 0.906. The number of carbonyl (C=O) groups excluding carboxylic acids is 1. The van der Waals surface area contributed by atoms with Gasteiger partial charge in [0.25, 0.3) is 0 Å². The minimum Gasteiger partial charge on any atom is -0.447 e. The number of halogens is 3. The second-order valence-corrected chi connectivity index (χ2v) is 4.01. The van der Waals surface area contributed by atoms with Crippen molar-refractivity contribution in [2.75, 3.05) is 0 Å². The van der Waals surface area contributed by atoms with E-state index in [1.54, 1.807) is 13.8 Å². The zero-order valence-corrected chi connectivity index (χ0v) is 10.0. The fourth-order valence-corrected chi connectivity index (χ4v) is 1.29. The fraction of sp³-hybridized carbons (Fsp3) is 0.417. The molecule has 0 heterocycles. The first kappa shape index (κ1) is 14.3. The Hall–Kier alpha value is -1.72. The zero-order valence-electron chi connectivity index (χ0n) is 10.0. The molecule has 1 rings (SSSR count). The number of alkyl halides is 3. The largest absolute Gasteiger partial charge is 0.447 e. The van der Waals surface area contributed by atoms with Crippen LogP contribution in [0, 0.1) is 0 Å². The van der Waals surface area contributed by atoms with E-state index in [1.165, 1.54) is 12.1 Å². The van der Waals surface area contributed by atoms with Gasteiger partial charge in [-0.15, -0.1) is 0 Å². The van der Waals surface area contributed by atoms with Crippen molar-refractivity contribution in [1.29, 1.82) is 0 Å². The van der Waals surface area contributed by atoms with Gasteiger partial charge in [0.1, 0.15) is 0 Å². The molecule has 0 aliphatic heterocycles. The first-order valence-corrected chi connectivity index (χ1v) is 5.39. The lowest BCUT2D eigenvalue weighted by atomic mass is 10.1. The Morgan fingerprint density at radius 2 is 2.06 bits per heavy atom.